The van der Waals surface area contributed by atoms with Gasteiger partial charge >= 0.3 is 12.1 Å². The highest BCUT2D eigenvalue weighted by molar-refractivity contribution is 5.82. The average molecular weight is 449 g/mol. The van der Waals surface area contributed by atoms with Crippen LogP contribution in [0.2, 0.25) is 0 Å². The molecule has 172 valence electrons. The Labute approximate surface area is 192 Å². The second-order valence-electron chi connectivity index (χ2n) is 9.35. The smallest absolute Gasteiger partial charge is 0.407 e. The van der Waals surface area contributed by atoms with Gasteiger partial charge in [-0.2, -0.15) is 0 Å². The Kier molecular flexibility index (Phi) is 5.79. The summed E-state index contributed by atoms with van der Waals surface area (Å²) in [6.45, 7) is 1.83. The van der Waals surface area contributed by atoms with Gasteiger partial charge in [0.1, 0.15) is 6.61 Å². The third kappa shape index (κ3) is 4.45. The fourth-order valence-corrected chi connectivity index (χ4v) is 5.32. The first kappa shape index (κ1) is 21.5. The number of amides is 2. The molecule has 33 heavy (non-hydrogen) atoms. The molecule has 2 fully saturated rings. The normalized spacial score (nSPS) is 23.0. The molecule has 2 aromatic rings. The Bertz CT molecular complexity index is 1040. The van der Waals surface area contributed by atoms with Gasteiger partial charge in [0, 0.05) is 37.9 Å². The largest absolute Gasteiger partial charge is 0.481 e. The molecule has 0 spiro atoms. The van der Waals surface area contributed by atoms with Crippen molar-refractivity contribution in [2.45, 2.75) is 25.2 Å². The van der Waals surface area contributed by atoms with Crippen LogP contribution in [0.1, 0.15) is 36.3 Å². The number of nitrogens with zero attached hydrogens (tertiary/aromatic N) is 1. The third-order valence-corrected chi connectivity index (χ3v) is 7.15. The number of rotatable bonds is 7. The van der Waals surface area contributed by atoms with Crippen LogP contribution in [0.25, 0.3) is 11.1 Å². The van der Waals surface area contributed by atoms with E-state index in [4.69, 9.17) is 9.84 Å². The Morgan fingerprint density at radius 3 is 2.36 bits per heavy atom. The average Bonchev–Trinajstić information content (AvgIpc) is 3.33. The number of aliphatic carboxylic acids is 1. The van der Waals surface area contributed by atoms with Crippen molar-refractivity contribution in [3.05, 3.63) is 59.7 Å². The molecule has 1 heterocycles. The maximum atomic E-state index is 12.7. The molecule has 1 saturated carbocycles. The van der Waals surface area contributed by atoms with E-state index in [0.29, 0.717) is 19.6 Å². The molecule has 2 aromatic carbocycles. The zero-order chi connectivity index (χ0) is 22.9. The van der Waals surface area contributed by atoms with Crippen molar-refractivity contribution in [2.75, 3.05) is 26.2 Å². The first-order valence-corrected chi connectivity index (χ1v) is 11.6. The van der Waals surface area contributed by atoms with Crippen molar-refractivity contribution in [2.24, 2.45) is 17.8 Å². The predicted molar refractivity (Wildman–Crippen MR) is 122 cm³/mol. The third-order valence-electron chi connectivity index (χ3n) is 7.15. The van der Waals surface area contributed by atoms with E-state index in [1.165, 1.54) is 22.3 Å². The van der Waals surface area contributed by atoms with Crippen LogP contribution in [0, 0.1) is 17.8 Å². The number of carboxylic acid groups (broad SMARTS) is 1. The lowest BCUT2D eigenvalue weighted by atomic mass is 9.98. The van der Waals surface area contributed by atoms with E-state index >= 15 is 0 Å². The summed E-state index contributed by atoms with van der Waals surface area (Å²) in [6.07, 6.45) is 1.15. The fraction of sp³-hybridized carbons (Fsp3) is 0.423. The van der Waals surface area contributed by atoms with Crippen LogP contribution in [-0.4, -0.2) is 54.2 Å². The van der Waals surface area contributed by atoms with Crippen LogP contribution in [0.3, 0.4) is 0 Å². The second kappa shape index (κ2) is 8.89. The van der Waals surface area contributed by atoms with Gasteiger partial charge in [-0.25, -0.2) is 4.79 Å². The van der Waals surface area contributed by atoms with Gasteiger partial charge in [-0.15, -0.1) is 0 Å². The number of fused-ring (bicyclic) bond motifs is 3. The number of carbonyl (C=O) groups excluding carboxylic acids is 2. The van der Waals surface area contributed by atoms with Crippen molar-refractivity contribution < 1.29 is 24.2 Å². The molecule has 0 bridgehead atoms. The van der Waals surface area contributed by atoms with E-state index in [-0.39, 0.29) is 42.6 Å². The van der Waals surface area contributed by atoms with Gasteiger partial charge in [0.2, 0.25) is 5.91 Å². The van der Waals surface area contributed by atoms with E-state index in [0.717, 1.165) is 12.8 Å². The van der Waals surface area contributed by atoms with Crippen molar-refractivity contribution in [1.82, 2.24) is 10.2 Å². The fourth-order valence-electron chi connectivity index (χ4n) is 5.32. The van der Waals surface area contributed by atoms with Gasteiger partial charge in [-0.1, -0.05) is 48.5 Å². The van der Waals surface area contributed by atoms with Crippen LogP contribution < -0.4 is 5.32 Å². The van der Waals surface area contributed by atoms with E-state index in [1.54, 1.807) is 4.90 Å². The van der Waals surface area contributed by atoms with Crippen LogP contribution in [0.4, 0.5) is 4.79 Å². The standard InChI is InChI=1S/C26H28N2O5/c29-24(30)11-16-9-10-28(14-16)25(31)22-12-17(22)13-27-26(32)33-15-23-20-7-3-1-5-18(20)19-6-2-4-8-21(19)23/h1-8,16-17,22-23H,9-15H2,(H,27,32)(H,29,30). The summed E-state index contributed by atoms with van der Waals surface area (Å²) < 4.78 is 5.56. The molecule has 7 heteroatoms. The van der Waals surface area contributed by atoms with Crippen molar-refractivity contribution >= 4 is 18.0 Å². The number of nitrogens with one attached hydrogen (secondary N) is 1. The molecule has 3 unspecified atom stereocenters. The number of hydrogen-bond donors (Lipinski definition) is 2. The molecular formula is C26H28N2O5. The molecule has 3 atom stereocenters. The minimum absolute atomic E-state index is 0.0207. The highest BCUT2D eigenvalue weighted by Gasteiger charge is 2.46. The molecule has 1 saturated heterocycles. The van der Waals surface area contributed by atoms with Crippen LogP contribution in [0.5, 0.6) is 0 Å². The zero-order valence-electron chi connectivity index (χ0n) is 18.4. The molecule has 1 aliphatic heterocycles. The molecule has 2 amide bonds. The quantitative estimate of drug-likeness (QED) is 0.676. The molecular weight excluding hydrogens is 420 g/mol. The number of likely N-dealkylation sites (tertiary alicyclic amines) is 1. The zero-order valence-corrected chi connectivity index (χ0v) is 18.4. The Morgan fingerprint density at radius 1 is 1.03 bits per heavy atom. The SMILES string of the molecule is O=C(O)CC1CCN(C(=O)C2CC2CNC(=O)OCC2c3ccccc3-c3ccccc32)C1. The minimum atomic E-state index is -0.814. The number of benzene rings is 2. The molecule has 5 rings (SSSR count). The highest BCUT2D eigenvalue weighted by atomic mass is 16.5. The summed E-state index contributed by atoms with van der Waals surface area (Å²) in [5.41, 5.74) is 4.72. The Hall–Kier alpha value is -3.35. The summed E-state index contributed by atoms with van der Waals surface area (Å²) in [5.74, 6) is -0.623. The first-order valence-electron chi connectivity index (χ1n) is 11.6. The van der Waals surface area contributed by atoms with Gasteiger partial charge in [0.25, 0.3) is 0 Å². The number of carboxylic acids is 1. The van der Waals surface area contributed by atoms with E-state index in [2.05, 4.69) is 29.6 Å². The maximum Gasteiger partial charge on any atom is 0.407 e. The lowest BCUT2D eigenvalue weighted by Crippen LogP contribution is -2.32. The van der Waals surface area contributed by atoms with Crippen LogP contribution >= 0.6 is 0 Å². The minimum Gasteiger partial charge on any atom is -0.481 e. The number of alkyl carbamates (subject to hydrolysis) is 1. The van der Waals surface area contributed by atoms with Gasteiger partial charge in [-0.3, -0.25) is 9.59 Å². The number of carbonyl (C=O) groups is 3. The van der Waals surface area contributed by atoms with E-state index in [9.17, 15) is 14.4 Å². The molecule has 2 N–H and O–H groups in total. The van der Waals surface area contributed by atoms with Gasteiger partial charge in [0.05, 0.1) is 0 Å². The summed E-state index contributed by atoms with van der Waals surface area (Å²) in [4.78, 5) is 37.7. The van der Waals surface area contributed by atoms with Gasteiger partial charge in [0.15, 0.2) is 0 Å². The summed E-state index contributed by atoms with van der Waals surface area (Å²) in [6, 6.07) is 16.4. The first-order chi connectivity index (χ1) is 16.0. The van der Waals surface area contributed by atoms with E-state index in [1.807, 2.05) is 24.3 Å². The lowest BCUT2D eigenvalue weighted by Gasteiger charge is -2.16. The Morgan fingerprint density at radius 2 is 1.70 bits per heavy atom. The van der Waals surface area contributed by atoms with Crippen molar-refractivity contribution in [3.63, 3.8) is 0 Å². The van der Waals surface area contributed by atoms with Gasteiger partial charge < -0.3 is 20.1 Å². The molecule has 7 nitrogen and oxygen atoms in total. The second-order valence-corrected chi connectivity index (χ2v) is 9.35. The Balaban J connectivity index is 1.08. The number of ether oxygens (including phenoxy) is 1. The van der Waals surface area contributed by atoms with Crippen LogP contribution in [0.15, 0.2) is 48.5 Å². The summed E-state index contributed by atoms with van der Waals surface area (Å²) >= 11 is 0. The highest BCUT2D eigenvalue weighted by Crippen LogP contribution is 2.44. The topological polar surface area (TPSA) is 95.9 Å². The lowest BCUT2D eigenvalue weighted by molar-refractivity contribution is -0.138. The van der Waals surface area contributed by atoms with Crippen LogP contribution in [-0.2, 0) is 14.3 Å². The number of hydrogen-bond acceptors (Lipinski definition) is 4. The predicted octanol–water partition coefficient (Wildman–Crippen LogP) is 3.48. The maximum absolute atomic E-state index is 12.7. The summed E-state index contributed by atoms with van der Waals surface area (Å²) in [7, 11) is 0. The molecule has 0 aromatic heterocycles. The molecule has 0 radical (unpaired) electrons. The molecule has 2 aliphatic carbocycles. The monoisotopic (exact) mass is 448 g/mol. The molecule has 3 aliphatic rings. The van der Waals surface area contributed by atoms with Crippen molar-refractivity contribution in [1.29, 1.82) is 0 Å². The van der Waals surface area contributed by atoms with Gasteiger partial charge in [-0.05, 0) is 46.9 Å². The summed E-state index contributed by atoms with van der Waals surface area (Å²) in [5, 5.41) is 11.8. The van der Waals surface area contributed by atoms with Crippen molar-refractivity contribution in [3.8, 4) is 11.1 Å². The van der Waals surface area contributed by atoms with E-state index < -0.39 is 12.1 Å².